The van der Waals surface area contributed by atoms with E-state index in [0.717, 1.165) is 49.3 Å². The van der Waals surface area contributed by atoms with Crippen LogP contribution in [0.25, 0.3) is 0 Å². The fourth-order valence-corrected chi connectivity index (χ4v) is 5.14. The number of furan rings is 1. The molecule has 210 valence electrons. The number of aryl methyl sites for hydroxylation is 1. The van der Waals surface area contributed by atoms with Crippen molar-refractivity contribution in [2.24, 2.45) is 4.99 Å². The number of anilines is 1. The average molecular weight is 545 g/mol. The minimum atomic E-state index is -0.161. The number of fused-ring (bicyclic) bond motifs is 1. The molecule has 9 heteroatoms. The van der Waals surface area contributed by atoms with Gasteiger partial charge in [-0.05, 0) is 57.0 Å². The van der Waals surface area contributed by atoms with Crippen LogP contribution in [0.2, 0.25) is 0 Å². The van der Waals surface area contributed by atoms with Gasteiger partial charge in [0.25, 0.3) is 5.91 Å². The normalized spacial score (nSPS) is 15.6. The molecular weight excluding hydrogens is 508 g/mol. The molecule has 2 aliphatic heterocycles. The molecule has 1 saturated heterocycles. The first-order valence-electron chi connectivity index (χ1n) is 14.0. The van der Waals surface area contributed by atoms with Crippen molar-refractivity contribution in [1.29, 1.82) is 0 Å². The molecule has 9 nitrogen and oxygen atoms in total. The highest BCUT2D eigenvalue weighted by Crippen LogP contribution is 2.36. The van der Waals surface area contributed by atoms with E-state index >= 15 is 0 Å². The van der Waals surface area contributed by atoms with E-state index in [1.165, 1.54) is 11.8 Å². The largest absolute Gasteiger partial charge is 0.490 e. The zero-order chi connectivity index (χ0) is 27.9. The van der Waals surface area contributed by atoms with Gasteiger partial charge in [-0.3, -0.25) is 19.5 Å². The van der Waals surface area contributed by atoms with E-state index in [1.807, 2.05) is 30.9 Å². The molecule has 1 N–H and O–H groups in total. The quantitative estimate of drug-likeness (QED) is 0.410. The maximum atomic E-state index is 12.5. The molecule has 1 fully saturated rings. The van der Waals surface area contributed by atoms with E-state index in [9.17, 15) is 9.59 Å². The van der Waals surface area contributed by atoms with Gasteiger partial charge in [-0.25, -0.2) is 0 Å². The van der Waals surface area contributed by atoms with Crippen molar-refractivity contribution >= 4 is 23.2 Å². The Morgan fingerprint density at radius 2 is 1.73 bits per heavy atom. The number of benzodiazepines with no additional fused rings is 1. The highest BCUT2D eigenvalue weighted by atomic mass is 16.5. The molecule has 2 amide bonds. The maximum Gasteiger partial charge on any atom is 0.289 e. The Balaban J connectivity index is 1.20. The van der Waals surface area contributed by atoms with Gasteiger partial charge >= 0.3 is 0 Å². The fraction of sp³-hybridized carbons (Fsp3) is 0.387. The minimum Gasteiger partial charge on any atom is -0.490 e. The molecule has 0 radical (unpaired) electrons. The first-order valence-corrected chi connectivity index (χ1v) is 14.0. The van der Waals surface area contributed by atoms with Crippen LogP contribution in [0, 0.1) is 0 Å². The van der Waals surface area contributed by atoms with Gasteiger partial charge in [0.2, 0.25) is 5.91 Å². The third kappa shape index (κ3) is 6.37. The molecule has 0 bridgehead atoms. The van der Waals surface area contributed by atoms with Crippen LogP contribution in [0.15, 0.2) is 64.2 Å². The summed E-state index contributed by atoms with van der Waals surface area (Å²) in [4.78, 5) is 33.8. The van der Waals surface area contributed by atoms with Crippen LogP contribution in [0.3, 0.4) is 0 Å². The van der Waals surface area contributed by atoms with E-state index in [1.54, 1.807) is 12.1 Å². The lowest BCUT2D eigenvalue weighted by molar-refractivity contribution is -0.114. The Hall–Kier alpha value is -4.11. The fourth-order valence-electron chi connectivity index (χ4n) is 5.14. The second kappa shape index (κ2) is 12.8. The number of carbonyl (C=O) groups is 2. The Morgan fingerprint density at radius 3 is 2.40 bits per heavy atom. The van der Waals surface area contributed by atoms with Crippen LogP contribution >= 0.6 is 0 Å². The van der Waals surface area contributed by atoms with Crippen molar-refractivity contribution < 1.29 is 23.5 Å². The van der Waals surface area contributed by atoms with Crippen molar-refractivity contribution in [3.05, 3.63) is 77.2 Å². The summed E-state index contributed by atoms with van der Waals surface area (Å²) in [6.45, 7) is 9.06. The smallest absolute Gasteiger partial charge is 0.289 e. The van der Waals surface area contributed by atoms with Gasteiger partial charge in [-0.15, -0.1) is 0 Å². The Labute approximate surface area is 234 Å². The third-order valence-corrected chi connectivity index (χ3v) is 7.15. The molecule has 2 aliphatic rings. The van der Waals surface area contributed by atoms with Gasteiger partial charge in [0.05, 0.1) is 30.9 Å². The highest BCUT2D eigenvalue weighted by Gasteiger charge is 2.24. The molecule has 0 aliphatic carbocycles. The topological polar surface area (TPSA) is 96.6 Å². The Kier molecular flexibility index (Phi) is 8.81. The average Bonchev–Trinajstić information content (AvgIpc) is 3.46. The predicted octanol–water partition coefficient (Wildman–Crippen LogP) is 4.26. The summed E-state index contributed by atoms with van der Waals surface area (Å²) in [5.74, 6) is 1.45. The molecule has 5 rings (SSSR count). The van der Waals surface area contributed by atoms with Crippen LogP contribution in [0.4, 0.5) is 5.69 Å². The van der Waals surface area contributed by atoms with E-state index in [4.69, 9.17) is 13.9 Å². The number of piperazine rings is 1. The van der Waals surface area contributed by atoms with Crippen LogP contribution in [0.1, 0.15) is 47.5 Å². The number of hydrogen-bond donors (Lipinski definition) is 1. The van der Waals surface area contributed by atoms with E-state index in [0.29, 0.717) is 49.2 Å². The summed E-state index contributed by atoms with van der Waals surface area (Å²) in [7, 11) is 0. The summed E-state index contributed by atoms with van der Waals surface area (Å²) in [6, 6.07) is 15.6. The minimum absolute atomic E-state index is 0.0327. The number of carbonyl (C=O) groups excluding carboxylic acids is 2. The Bertz CT molecular complexity index is 1340. The van der Waals surface area contributed by atoms with Gasteiger partial charge in [0.1, 0.15) is 6.54 Å². The van der Waals surface area contributed by atoms with Crippen molar-refractivity contribution in [2.75, 3.05) is 57.8 Å². The van der Waals surface area contributed by atoms with Gasteiger partial charge in [0.15, 0.2) is 17.3 Å². The number of nitrogens with one attached hydrogen (secondary N) is 1. The van der Waals surface area contributed by atoms with Crippen molar-refractivity contribution in [3.63, 3.8) is 0 Å². The highest BCUT2D eigenvalue weighted by molar-refractivity contribution is 6.19. The van der Waals surface area contributed by atoms with Crippen molar-refractivity contribution in [3.8, 4) is 11.5 Å². The first kappa shape index (κ1) is 27.5. The summed E-state index contributed by atoms with van der Waals surface area (Å²) >= 11 is 0. The van der Waals surface area contributed by atoms with Crippen molar-refractivity contribution in [1.82, 2.24) is 9.80 Å². The molecule has 0 atom stereocenters. The summed E-state index contributed by atoms with van der Waals surface area (Å²) in [6.07, 6.45) is 3.53. The number of rotatable bonds is 10. The maximum absolute atomic E-state index is 12.5. The molecule has 3 heterocycles. The lowest BCUT2D eigenvalue weighted by Gasteiger charge is -2.34. The number of aliphatic imine (C=N–C) groups is 1. The molecule has 2 aromatic carbocycles. The third-order valence-electron chi connectivity index (χ3n) is 7.15. The lowest BCUT2D eigenvalue weighted by atomic mass is 9.98. The van der Waals surface area contributed by atoms with Crippen LogP contribution in [-0.4, -0.2) is 79.8 Å². The van der Waals surface area contributed by atoms with E-state index in [-0.39, 0.29) is 18.4 Å². The summed E-state index contributed by atoms with van der Waals surface area (Å²) < 4.78 is 16.8. The molecule has 40 heavy (non-hydrogen) atoms. The predicted molar refractivity (Wildman–Crippen MR) is 154 cm³/mol. The lowest BCUT2D eigenvalue weighted by Crippen LogP contribution is -2.48. The summed E-state index contributed by atoms with van der Waals surface area (Å²) in [5, 5.41) is 2.96. The van der Waals surface area contributed by atoms with Crippen molar-refractivity contribution in [2.45, 2.75) is 26.7 Å². The number of amides is 2. The van der Waals surface area contributed by atoms with Gasteiger partial charge in [0, 0.05) is 43.4 Å². The second-order valence-corrected chi connectivity index (χ2v) is 9.84. The molecule has 0 unspecified atom stereocenters. The summed E-state index contributed by atoms with van der Waals surface area (Å²) in [5.41, 5.74) is 4.44. The van der Waals surface area contributed by atoms with Crippen LogP contribution in [-0.2, 0) is 11.2 Å². The SMILES string of the molecule is CCOc1cc2c(cc1OCC)C(c1ccc(CCCN3CCN(C(=O)c4ccco4)CC3)cc1)=NCC(=O)N2. The number of hydrogen-bond acceptors (Lipinski definition) is 7. The molecule has 1 aromatic heterocycles. The van der Waals surface area contributed by atoms with Gasteiger partial charge in [-0.1, -0.05) is 24.3 Å². The zero-order valence-electron chi connectivity index (χ0n) is 23.2. The Morgan fingerprint density at radius 1 is 1.00 bits per heavy atom. The van der Waals surface area contributed by atoms with E-state index in [2.05, 4.69) is 39.5 Å². The van der Waals surface area contributed by atoms with Crippen LogP contribution < -0.4 is 14.8 Å². The molecule has 0 spiro atoms. The molecule has 0 saturated carbocycles. The number of ether oxygens (including phenoxy) is 2. The first-order chi connectivity index (χ1) is 19.6. The second-order valence-electron chi connectivity index (χ2n) is 9.84. The number of benzene rings is 2. The van der Waals surface area contributed by atoms with Gasteiger partial charge in [-0.2, -0.15) is 0 Å². The zero-order valence-corrected chi connectivity index (χ0v) is 23.2. The standard InChI is InChI=1S/C31H36N4O5/c1-3-38-27-19-24-25(20-28(27)39-4-2)33-29(36)21-32-30(24)23-11-9-22(10-12-23)7-5-13-34-14-16-35(17-15-34)31(37)26-8-6-18-40-26/h6,8-12,18-20H,3-5,7,13-17,21H2,1-2H3,(H,33,36). The van der Waals surface area contributed by atoms with Crippen LogP contribution in [0.5, 0.6) is 11.5 Å². The number of nitrogens with zero attached hydrogens (tertiary/aromatic N) is 3. The monoisotopic (exact) mass is 544 g/mol. The van der Waals surface area contributed by atoms with E-state index < -0.39 is 0 Å². The molecule has 3 aromatic rings. The molecular formula is C31H36N4O5. The van der Waals surface area contributed by atoms with Gasteiger partial charge < -0.3 is 24.1 Å².